The number of nitrogens with zero attached hydrogens (tertiary/aromatic N) is 3. The van der Waals surface area contributed by atoms with E-state index in [4.69, 9.17) is 17.3 Å². The minimum atomic E-state index is -0.369. The van der Waals surface area contributed by atoms with Crippen molar-refractivity contribution < 1.29 is 9.59 Å². The van der Waals surface area contributed by atoms with Gasteiger partial charge in [-0.15, -0.1) is 10.2 Å². The molecule has 9 heteroatoms. The summed E-state index contributed by atoms with van der Waals surface area (Å²) in [4.78, 5) is 23.6. The lowest BCUT2D eigenvalue weighted by Gasteiger charge is -2.14. The van der Waals surface area contributed by atoms with E-state index in [1.54, 1.807) is 6.07 Å². The Bertz CT molecular complexity index is 837. The van der Waals surface area contributed by atoms with Crippen LogP contribution in [0.1, 0.15) is 43.5 Å². The van der Waals surface area contributed by atoms with Crippen LogP contribution < -0.4 is 11.1 Å². The lowest BCUT2D eigenvalue weighted by Crippen LogP contribution is -2.30. The fourth-order valence-electron chi connectivity index (χ4n) is 2.64. The number of nitrogens with two attached hydrogens (primary N) is 1. The maximum atomic E-state index is 12.5. The van der Waals surface area contributed by atoms with Gasteiger partial charge in [-0.3, -0.25) is 9.59 Å². The van der Waals surface area contributed by atoms with Crippen molar-refractivity contribution in [3.05, 3.63) is 40.7 Å². The largest absolute Gasteiger partial charge is 0.370 e. The van der Waals surface area contributed by atoms with Crippen LogP contribution >= 0.6 is 23.4 Å². The van der Waals surface area contributed by atoms with Crippen LogP contribution in [0.3, 0.4) is 0 Å². The van der Waals surface area contributed by atoms with E-state index in [1.807, 2.05) is 29.7 Å². The van der Waals surface area contributed by atoms with Gasteiger partial charge >= 0.3 is 0 Å². The normalized spacial score (nSPS) is 14.7. The first-order valence-corrected chi connectivity index (χ1v) is 10.1. The van der Waals surface area contributed by atoms with Crippen LogP contribution in [0.15, 0.2) is 29.4 Å². The Kier molecular flexibility index (Phi) is 6.38. The molecule has 3 N–H and O–H groups in total. The molecule has 3 rings (SSSR count). The molecule has 0 aliphatic heterocycles. The van der Waals surface area contributed by atoms with E-state index in [0.29, 0.717) is 29.2 Å². The van der Waals surface area contributed by atoms with Gasteiger partial charge in [0.05, 0.1) is 5.25 Å². The van der Waals surface area contributed by atoms with Gasteiger partial charge in [-0.25, -0.2) is 0 Å². The number of carbonyl (C=O) groups excluding carboxylic acids is 2. The van der Waals surface area contributed by atoms with Gasteiger partial charge in [-0.2, -0.15) is 0 Å². The summed E-state index contributed by atoms with van der Waals surface area (Å²) in [5.74, 6) is 0.788. The van der Waals surface area contributed by atoms with E-state index < -0.39 is 0 Å². The van der Waals surface area contributed by atoms with Gasteiger partial charge in [-0.05, 0) is 31.4 Å². The van der Waals surface area contributed by atoms with Crippen LogP contribution in [0.2, 0.25) is 5.02 Å². The molecule has 2 aromatic rings. The fraction of sp³-hybridized carbons (Fsp3) is 0.444. The molecule has 1 heterocycles. The van der Waals surface area contributed by atoms with Crippen LogP contribution in [0.25, 0.3) is 0 Å². The van der Waals surface area contributed by atoms with Gasteiger partial charge in [0.1, 0.15) is 5.82 Å². The van der Waals surface area contributed by atoms with Crippen LogP contribution in [-0.4, -0.2) is 31.8 Å². The van der Waals surface area contributed by atoms with Crippen molar-refractivity contribution in [2.24, 2.45) is 5.73 Å². The second-order valence-electron chi connectivity index (χ2n) is 6.55. The van der Waals surface area contributed by atoms with E-state index in [-0.39, 0.29) is 23.5 Å². The number of nitrogens with one attached hydrogen (secondary N) is 1. The highest BCUT2D eigenvalue weighted by atomic mass is 35.5. The quantitative estimate of drug-likeness (QED) is 0.621. The molecule has 1 atom stereocenters. The van der Waals surface area contributed by atoms with Crippen molar-refractivity contribution in [1.29, 1.82) is 0 Å². The van der Waals surface area contributed by atoms with Crippen molar-refractivity contribution >= 4 is 35.2 Å². The third kappa shape index (κ3) is 5.23. The Morgan fingerprint density at radius 1 is 1.37 bits per heavy atom. The molecule has 2 amide bonds. The summed E-state index contributed by atoms with van der Waals surface area (Å²) >= 11 is 7.45. The van der Waals surface area contributed by atoms with Crippen LogP contribution in [0.4, 0.5) is 0 Å². The number of primary amides is 1. The molecule has 1 fully saturated rings. The number of aromatic nitrogens is 3. The third-order valence-electron chi connectivity index (χ3n) is 4.33. The monoisotopic (exact) mass is 407 g/mol. The Morgan fingerprint density at radius 3 is 2.78 bits per heavy atom. The van der Waals surface area contributed by atoms with Crippen LogP contribution in [0, 0.1) is 0 Å². The molecule has 0 bridgehead atoms. The lowest BCUT2D eigenvalue weighted by atomic mass is 10.2. The van der Waals surface area contributed by atoms with Crippen molar-refractivity contribution in [3.8, 4) is 0 Å². The zero-order valence-electron chi connectivity index (χ0n) is 15.0. The average molecular weight is 408 g/mol. The molecule has 0 radical (unpaired) electrons. The van der Waals surface area contributed by atoms with Gasteiger partial charge in [-0.1, -0.05) is 41.6 Å². The van der Waals surface area contributed by atoms with E-state index >= 15 is 0 Å². The molecular weight excluding hydrogens is 386 g/mol. The minimum Gasteiger partial charge on any atom is -0.370 e. The molecule has 1 unspecified atom stereocenters. The first-order chi connectivity index (χ1) is 13.0. The summed E-state index contributed by atoms with van der Waals surface area (Å²) in [6.07, 6.45) is 2.37. The van der Waals surface area contributed by atoms with Crippen molar-refractivity contribution in [1.82, 2.24) is 20.1 Å². The Hall–Kier alpha value is -2.06. The zero-order chi connectivity index (χ0) is 19.4. The molecule has 27 heavy (non-hydrogen) atoms. The number of halogens is 1. The smallest absolute Gasteiger partial charge is 0.233 e. The molecule has 1 aromatic carbocycles. The SMILES string of the molecule is CC(Sc1nnc(C2CC2)n1CCC(N)=O)C(=O)NCc1ccccc1Cl. The van der Waals surface area contributed by atoms with E-state index in [9.17, 15) is 9.59 Å². The molecule has 144 valence electrons. The Balaban J connectivity index is 1.62. The molecule has 1 aliphatic rings. The zero-order valence-corrected chi connectivity index (χ0v) is 16.6. The van der Waals surface area contributed by atoms with Gasteiger partial charge in [0.2, 0.25) is 11.8 Å². The summed E-state index contributed by atoms with van der Waals surface area (Å²) in [5, 5.41) is 12.3. The van der Waals surface area contributed by atoms with Crippen LogP contribution in [-0.2, 0) is 22.7 Å². The predicted molar refractivity (Wildman–Crippen MR) is 104 cm³/mol. The number of hydrogen-bond donors (Lipinski definition) is 2. The highest BCUT2D eigenvalue weighted by Gasteiger charge is 2.31. The summed E-state index contributed by atoms with van der Waals surface area (Å²) in [5.41, 5.74) is 6.15. The summed E-state index contributed by atoms with van der Waals surface area (Å²) in [7, 11) is 0. The third-order valence-corrected chi connectivity index (χ3v) is 5.78. The highest BCUT2D eigenvalue weighted by molar-refractivity contribution is 8.00. The minimum absolute atomic E-state index is 0.114. The first kappa shape index (κ1) is 19.7. The maximum Gasteiger partial charge on any atom is 0.233 e. The lowest BCUT2D eigenvalue weighted by molar-refractivity contribution is -0.120. The second-order valence-corrected chi connectivity index (χ2v) is 8.27. The summed E-state index contributed by atoms with van der Waals surface area (Å²) < 4.78 is 1.92. The van der Waals surface area contributed by atoms with Gasteiger partial charge in [0.25, 0.3) is 0 Å². The number of carbonyl (C=O) groups is 2. The fourth-order valence-corrected chi connectivity index (χ4v) is 3.75. The number of thioether (sulfide) groups is 1. The molecule has 7 nitrogen and oxygen atoms in total. The van der Waals surface area contributed by atoms with Gasteiger partial charge in [0, 0.05) is 30.5 Å². The van der Waals surface area contributed by atoms with Crippen molar-refractivity contribution in [3.63, 3.8) is 0 Å². The Morgan fingerprint density at radius 2 is 2.11 bits per heavy atom. The van der Waals surface area contributed by atoms with Gasteiger partial charge in [0.15, 0.2) is 5.16 Å². The average Bonchev–Trinajstić information content (AvgIpc) is 3.40. The summed E-state index contributed by atoms with van der Waals surface area (Å²) in [6, 6.07) is 7.40. The summed E-state index contributed by atoms with van der Waals surface area (Å²) in [6.45, 7) is 2.62. The predicted octanol–water partition coefficient (Wildman–Crippen LogP) is 2.48. The molecule has 0 saturated heterocycles. The van der Waals surface area contributed by atoms with Crippen LogP contribution in [0.5, 0.6) is 0 Å². The van der Waals surface area contributed by atoms with Gasteiger partial charge < -0.3 is 15.6 Å². The topological polar surface area (TPSA) is 103 Å². The molecular formula is C18H22ClN5O2S. The number of rotatable bonds is 9. The van der Waals surface area contributed by atoms with Crippen molar-refractivity contribution in [2.75, 3.05) is 0 Å². The van der Waals surface area contributed by atoms with E-state index in [0.717, 1.165) is 24.2 Å². The second kappa shape index (κ2) is 8.75. The Labute approximate surface area is 167 Å². The molecule has 0 spiro atoms. The standard InChI is InChI=1S/C18H22ClN5O2S/c1-11(17(26)21-10-13-4-2-3-5-14(13)19)27-18-23-22-16(12-6-7-12)24(18)9-8-15(20)25/h2-5,11-12H,6-10H2,1H3,(H2,20,25)(H,21,26). The number of hydrogen-bond acceptors (Lipinski definition) is 5. The van der Waals surface area contributed by atoms with E-state index in [1.165, 1.54) is 11.8 Å². The molecule has 1 saturated carbocycles. The molecule has 1 aliphatic carbocycles. The highest BCUT2D eigenvalue weighted by Crippen LogP contribution is 2.40. The first-order valence-electron chi connectivity index (χ1n) is 8.85. The van der Waals surface area contributed by atoms with E-state index in [2.05, 4.69) is 15.5 Å². The maximum absolute atomic E-state index is 12.5. The molecule has 1 aromatic heterocycles. The number of benzene rings is 1. The van der Waals surface area contributed by atoms with Crippen molar-refractivity contribution in [2.45, 2.75) is 55.6 Å². The number of amides is 2.